The van der Waals surface area contributed by atoms with Crippen molar-refractivity contribution in [1.29, 1.82) is 0 Å². The molecule has 0 aromatic heterocycles. The number of carboxylic acids is 1. The Hall–Kier alpha value is -1.93. The maximum atomic E-state index is 12.2. The Morgan fingerprint density at radius 2 is 1.96 bits per heavy atom. The molecule has 0 bridgehead atoms. The molecule has 2 N–H and O–H groups in total. The number of carbonyl (C=O) groups is 2. The molecule has 1 aliphatic heterocycles. The SMILES string of the molecule is CCS(=O)(=O)N1CCC(C(=O)Nc2cccc(C(=O)O)c2)CC1. The van der Waals surface area contributed by atoms with Gasteiger partial charge in [0.2, 0.25) is 15.9 Å². The number of piperidine rings is 1. The first-order valence-electron chi connectivity index (χ1n) is 7.45. The summed E-state index contributed by atoms with van der Waals surface area (Å²) < 4.78 is 25.0. The van der Waals surface area contributed by atoms with Crippen LogP contribution >= 0.6 is 0 Å². The van der Waals surface area contributed by atoms with Crippen LogP contribution in [-0.2, 0) is 14.8 Å². The normalized spacial score (nSPS) is 16.9. The molecule has 0 spiro atoms. The van der Waals surface area contributed by atoms with Gasteiger partial charge in [0.25, 0.3) is 0 Å². The molecule has 2 rings (SSSR count). The van der Waals surface area contributed by atoms with Gasteiger partial charge in [0.1, 0.15) is 0 Å². The van der Waals surface area contributed by atoms with Gasteiger partial charge in [-0.25, -0.2) is 17.5 Å². The molecule has 1 aromatic rings. The first-order chi connectivity index (χ1) is 10.8. The fourth-order valence-electron chi connectivity index (χ4n) is 2.55. The van der Waals surface area contributed by atoms with E-state index in [9.17, 15) is 18.0 Å². The van der Waals surface area contributed by atoms with Crippen LogP contribution in [0.2, 0.25) is 0 Å². The second kappa shape index (κ2) is 7.10. The molecule has 8 heteroatoms. The third kappa shape index (κ3) is 4.29. The number of carboxylic acid groups (broad SMARTS) is 1. The van der Waals surface area contributed by atoms with Crippen molar-refractivity contribution in [1.82, 2.24) is 4.31 Å². The zero-order chi connectivity index (χ0) is 17.0. The van der Waals surface area contributed by atoms with E-state index in [2.05, 4.69) is 5.32 Å². The quantitative estimate of drug-likeness (QED) is 0.843. The molecule has 7 nitrogen and oxygen atoms in total. The molecular formula is C15H20N2O5S. The largest absolute Gasteiger partial charge is 0.478 e. The number of sulfonamides is 1. The van der Waals surface area contributed by atoms with Crippen LogP contribution in [0.3, 0.4) is 0 Å². The van der Waals surface area contributed by atoms with E-state index >= 15 is 0 Å². The maximum Gasteiger partial charge on any atom is 0.335 e. The number of benzene rings is 1. The van der Waals surface area contributed by atoms with E-state index in [0.29, 0.717) is 31.6 Å². The summed E-state index contributed by atoms with van der Waals surface area (Å²) in [5, 5.41) is 11.6. The molecule has 1 aromatic carbocycles. The number of amides is 1. The van der Waals surface area contributed by atoms with E-state index in [1.165, 1.54) is 16.4 Å². The van der Waals surface area contributed by atoms with Gasteiger partial charge in [-0.2, -0.15) is 0 Å². The molecule has 0 atom stereocenters. The number of aromatic carboxylic acids is 1. The number of hydrogen-bond acceptors (Lipinski definition) is 4. The fraction of sp³-hybridized carbons (Fsp3) is 0.467. The second-order valence-electron chi connectivity index (χ2n) is 5.45. The lowest BCUT2D eigenvalue weighted by Crippen LogP contribution is -2.42. The number of rotatable bonds is 5. The summed E-state index contributed by atoms with van der Waals surface area (Å²) in [6, 6.07) is 6.04. The van der Waals surface area contributed by atoms with Gasteiger partial charge >= 0.3 is 5.97 Å². The van der Waals surface area contributed by atoms with E-state index in [1.807, 2.05) is 0 Å². The van der Waals surface area contributed by atoms with Gasteiger partial charge in [-0.15, -0.1) is 0 Å². The molecule has 1 saturated heterocycles. The monoisotopic (exact) mass is 340 g/mol. The Labute approximate surface area is 135 Å². The summed E-state index contributed by atoms with van der Waals surface area (Å²) in [6.07, 6.45) is 0.924. The summed E-state index contributed by atoms with van der Waals surface area (Å²) in [5.74, 6) is -1.47. The van der Waals surface area contributed by atoms with Gasteiger partial charge in [0, 0.05) is 24.7 Å². The lowest BCUT2D eigenvalue weighted by Gasteiger charge is -2.30. The Morgan fingerprint density at radius 1 is 1.30 bits per heavy atom. The van der Waals surface area contributed by atoms with Gasteiger partial charge < -0.3 is 10.4 Å². The van der Waals surface area contributed by atoms with Gasteiger partial charge in [0.05, 0.1) is 11.3 Å². The van der Waals surface area contributed by atoms with Crippen LogP contribution in [-0.4, -0.2) is 48.5 Å². The highest BCUT2D eigenvalue weighted by Gasteiger charge is 2.30. The Morgan fingerprint density at radius 3 is 2.52 bits per heavy atom. The van der Waals surface area contributed by atoms with Gasteiger partial charge in [-0.05, 0) is 38.0 Å². The first-order valence-corrected chi connectivity index (χ1v) is 9.06. The van der Waals surface area contributed by atoms with Crippen LogP contribution in [0, 0.1) is 5.92 Å². The van der Waals surface area contributed by atoms with E-state index in [4.69, 9.17) is 5.11 Å². The molecule has 0 unspecified atom stereocenters. The summed E-state index contributed by atoms with van der Waals surface area (Å²) >= 11 is 0. The van der Waals surface area contributed by atoms with Gasteiger partial charge in [0.15, 0.2) is 0 Å². The molecule has 1 fully saturated rings. The minimum atomic E-state index is -3.21. The van der Waals surface area contributed by atoms with Crippen LogP contribution < -0.4 is 5.32 Å². The average molecular weight is 340 g/mol. The summed E-state index contributed by atoms with van der Waals surface area (Å²) in [7, 11) is -3.21. The highest BCUT2D eigenvalue weighted by molar-refractivity contribution is 7.89. The topological polar surface area (TPSA) is 104 Å². The highest BCUT2D eigenvalue weighted by Crippen LogP contribution is 2.22. The Kier molecular flexibility index (Phi) is 5.38. The van der Waals surface area contributed by atoms with Crippen molar-refractivity contribution in [2.24, 2.45) is 5.92 Å². The molecule has 0 aliphatic carbocycles. The van der Waals surface area contributed by atoms with Crippen molar-refractivity contribution in [3.05, 3.63) is 29.8 Å². The van der Waals surface area contributed by atoms with Gasteiger partial charge in [-0.3, -0.25) is 4.79 Å². The molecular weight excluding hydrogens is 320 g/mol. The Bertz CT molecular complexity index is 694. The molecule has 126 valence electrons. The number of nitrogens with zero attached hydrogens (tertiary/aromatic N) is 1. The predicted molar refractivity (Wildman–Crippen MR) is 85.8 cm³/mol. The van der Waals surface area contributed by atoms with Crippen LogP contribution in [0.25, 0.3) is 0 Å². The van der Waals surface area contributed by atoms with E-state index in [-0.39, 0.29) is 23.1 Å². The van der Waals surface area contributed by atoms with Crippen LogP contribution in [0.5, 0.6) is 0 Å². The maximum absolute atomic E-state index is 12.2. The molecule has 23 heavy (non-hydrogen) atoms. The molecule has 1 heterocycles. The molecule has 0 saturated carbocycles. The average Bonchev–Trinajstić information content (AvgIpc) is 2.55. The van der Waals surface area contributed by atoms with E-state index in [1.54, 1.807) is 19.1 Å². The summed E-state index contributed by atoms with van der Waals surface area (Å²) in [4.78, 5) is 23.2. The molecule has 1 amide bonds. The minimum Gasteiger partial charge on any atom is -0.478 e. The minimum absolute atomic E-state index is 0.0614. The Balaban J connectivity index is 1.96. The van der Waals surface area contributed by atoms with Crippen molar-refractivity contribution >= 4 is 27.6 Å². The van der Waals surface area contributed by atoms with Crippen molar-refractivity contribution in [3.63, 3.8) is 0 Å². The highest BCUT2D eigenvalue weighted by atomic mass is 32.2. The number of anilines is 1. The molecule has 0 radical (unpaired) electrons. The van der Waals surface area contributed by atoms with Crippen LogP contribution in [0.4, 0.5) is 5.69 Å². The smallest absolute Gasteiger partial charge is 0.335 e. The summed E-state index contributed by atoms with van der Waals surface area (Å²) in [6.45, 7) is 2.27. The van der Waals surface area contributed by atoms with E-state index < -0.39 is 16.0 Å². The third-order valence-corrected chi connectivity index (χ3v) is 5.84. The van der Waals surface area contributed by atoms with Crippen LogP contribution in [0.1, 0.15) is 30.1 Å². The van der Waals surface area contributed by atoms with E-state index in [0.717, 1.165) is 0 Å². The number of hydrogen-bond donors (Lipinski definition) is 2. The van der Waals surface area contributed by atoms with Crippen LogP contribution in [0.15, 0.2) is 24.3 Å². The van der Waals surface area contributed by atoms with Crippen molar-refractivity contribution in [3.8, 4) is 0 Å². The standard InChI is InChI=1S/C15H20N2O5S/c1-2-23(21,22)17-8-6-11(7-9-17)14(18)16-13-5-3-4-12(10-13)15(19)20/h3-5,10-11H,2,6-9H2,1H3,(H,16,18)(H,19,20). The first kappa shape index (κ1) is 17.4. The number of nitrogens with one attached hydrogen (secondary N) is 1. The van der Waals surface area contributed by atoms with Crippen molar-refractivity contribution in [2.45, 2.75) is 19.8 Å². The third-order valence-electron chi connectivity index (χ3n) is 3.96. The lowest BCUT2D eigenvalue weighted by atomic mass is 9.97. The number of carbonyl (C=O) groups excluding carboxylic acids is 1. The summed E-state index contributed by atoms with van der Waals surface area (Å²) in [5.41, 5.74) is 0.533. The zero-order valence-electron chi connectivity index (χ0n) is 12.9. The predicted octanol–water partition coefficient (Wildman–Crippen LogP) is 1.38. The lowest BCUT2D eigenvalue weighted by molar-refractivity contribution is -0.120. The molecule has 1 aliphatic rings. The fourth-order valence-corrected chi connectivity index (χ4v) is 3.69. The zero-order valence-corrected chi connectivity index (χ0v) is 13.7. The van der Waals surface area contributed by atoms with Crippen molar-refractivity contribution < 1.29 is 23.1 Å². The second-order valence-corrected chi connectivity index (χ2v) is 7.71. The van der Waals surface area contributed by atoms with Gasteiger partial charge in [-0.1, -0.05) is 6.07 Å². The van der Waals surface area contributed by atoms with Crippen molar-refractivity contribution in [2.75, 3.05) is 24.2 Å².